The van der Waals surface area contributed by atoms with Crippen LogP contribution in [0.25, 0.3) is 0 Å². The molecule has 2 aliphatic heterocycles. The first-order valence-corrected chi connectivity index (χ1v) is 11.5. The number of Topliss-reactive ketones (excluding diaryl/α,β-unsaturated/α-hetero) is 1. The number of carbonyl (C=O) groups is 2. The molecule has 0 bridgehead atoms. The highest BCUT2D eigenvalue weighted by Crippen LogP contribution is 2.47. The highest BCUT2D eigenvalue weighted by molar-refractivity contribution is 6.21. The van der Waals surface area contributed by atoms with Gasteiger partial charge in [0.2, 0.25) is 0 Å². The summed E-state index contributed by atoms with van der Waals surface area (Å²) in [4.78, 5) is 28.7. The van der Waals surface area contributed by atoms with Gasteiger partial charge in [-0.05, 0) is 57.2 Å². The van der Waals surface area contributed by atoms with Crippen LogP contribution in [0.5, 0.6) is 5.75 Å². The molecule has 4 atom stereocenters. The van der Waals surface area contributed by atoms with E-state index in [4.69, 9.17) is 25.8 Å². The maximum atomic E-state index is 13.6. The fourth-order valence-electron chi connectivity index (χ4n) is 4.81. The van der Waals surface area contributed by atoms with Crippen molar-refractivity contribution in [1.29, 1.82) is 0 Å². The van der Waals surface area contributed by atoms with Gasteiger partial charge in [0.05, 0.1) is 30.7 Å². The Morgan fingerprint density at radius 1 is 1.26 bits per heavy atom. The standard InChI is InChI=1S/C24H30ClNO5/c1-14(2)30-11-5-10-26-21(15-6-4-7-17(12-15)29-3)20-22(27)18-13-16(25)8-9-19(18)31-23(20)24(26)28/h4,6-7,12,14,16,18-19,21H,5,8-11,13H2,1-3H3. The van der Waals surface area contributed by atoms with E-state index in [0.29, 0.717) is 43.7 Å². The van der Waals surface area contributed by atoms with Crippen molar-refractivity contribution in [2.24, 2.45) is 5.92 Å². The van der Waals surface area contributed by atoms with Gasteiger partial charge in [-0.15, -0.1) is 11.6 Å². The number of ether oxygens (including phenoxy) is 3. The number of methoxy groups -OCH3 is 1. The summed E-state index contributed by atoms with van der Waals surface area (Å²) in [6.45, 7) is 4.99. The first-order chi connectivity index (χ1) is 14.9. The third-order valence-electron chi connectivity index (χ3n) is 6.28. The van der Waals surface area contributed by atoms with Crippen LogP contribution in [0, 0.1) is 5.92 Å². The van der Waals surface area contributed by atoms with Gasteiger partial charge in [0.15, 0.2) is 11.5 Å². The van der Waals surface area contributed by atoms with Crippen LogP contribution >= 0.6 is 11.6 Å². The fraction of sp³-hybridized carbons (Fsp3) is 0.583. The lowest BCUT2D eigenvalue weighted by atomic mass is 9.77. The molecule has 31 heavy (non-hydrogen) atoms. The summed E-state index contributed by atoms with van der Waals surface area (Å²) in [5.41, 5.74) is 1.31. The molecule has 0 saturated heterocycles. The van der Waals surface area contributed by atoms with Crippen molar-refractivity contribution in [1.82, 2.24) is 4.90 Å². The van der Waals surface area contributed by atoms with Crippen molar-refractivity contribution in [2.75, 3.05) is 20.3 Å². The molecular formula is C24H30ClNO5. The van der Waals surface area contributed by atoms with Crippen LogP contribution in [0.4, 0.5) is 0 Å². The number of benzene rings is 1. The number of carbonyl (C=O) groups excluding carboxylic acids is 2. The molecule has 1 aromatic carbocycles. The largest absolute Gasteiger partial charge is 0.497 e. The van der Waals surface area contributed by atoms with Crippen LogP contribution < -0.4 is 4.74 Å². The summed E-state index contributed by atoms with van der Waals surface area (Å²) in [5, 5.41) is -0.0346. The van der Waals surface area contributed by atoms with Crippen LogP contribution in [0.3, 0.4) is 0 Å². The van der Waals surface area contributed by atoms with Crippen molar-refractivity contribution in [3.8, 4) is 5.75 Å². The summed E-state index contributed by atoms with van der Waals surface area (Å²) < 4.78 is 17.2. The van der Waals surface area contributed by atoms with E-state index in [0.717, 1.165) is 12.0 Å². The second kappa shape index (κ2) is 9.21. The van der Waals surface area contributed by atoms with Crippen LogP contribution in [-0.4, -0.2) is 54.4 Å². The molecule has 6 nitrogen and oxygen atoms in total. The third-order valence-corrected chi connectivity index (χ3v) is 6.68. The van der Waals surface area contributed by atoms with Gasteiger partial charge in [0, 0.05) is 18.5 Å². The number of halogens is 1. The van der Waals surface area contributed by atoms with Crippen molar-refractivity contribution in [3.05, 3.63) is 41.2 Å². The lowest BCUT2D eigenvalue weighted by Gasteiger charge is -2.37. The van der Waals surface area contributed by atoms with E-state index in [1.807, 2.05) is 38.1 Å². The van der Waals surface area contributed by atoms with Gasteiger partial charge in [-0.25, -0.2) is 0 Å². The highest BCUT2D eigenvalue weighted by Gasteiger charge is 2.52. The van der Waals surface area contributed by atoms with Gasteiger partial charge in [-0.2, -0.15) is 0 Å². The molecule has 7 heteroatoms. The normalized spacial score (nSPS) is 28.0. The van der Waals surface area contributed by atoms with Crippen molar-refractivity contribution < 1.29 is 23.8 Å². The number of alkyl halides is 1. The number of fused-ring (bicyclic) bond motifs is 1. The zero-order valence-electron chi connectivity index (χ0n) is 18.3. The number of hydrogen-bond acceptors (Lipinski definition) is 5. The zero-order valence-corrected chi connectivity index (χ0v) is 19.1. The van der Waals surface area contributed by atoms with Gasteiger partial charge in [-0.3, -0.25) is 9.59 Å². The van der Waals surface area contributed by atoms with Crippen molar-refractivity contribution >= 4 is 23.3 Å². The molecule has 0 N–H and O–H groups in total. The Hall–Kier alpha value is -2.05. The molecular weight excluding hydrogens is 418 g/mol. The quantitative estimate of drug-likeness (QED) is 0.466. The van der Waals surface area contributed by atoms with E-state index in [1.165, 1.54) is 0 Å². The first-order valence-electron chi connectivity index (χ1n) is 11.1. The summed E-state index contributed by atoms with van der Waals surface area (Å²) in [6.07, 6.45) is 2.62. The van der Waals surface area contributed by atoms with Crippen LogP contribution in [-0.2, 0) is 19.1 Å². The van der Waals surface area contributed by atoms with Gasteiger partial charge >= 0.3 is 0 Å². The molecule has 168 valence electrons. The van der Waals surface area contributed by atoms with Crippen molar-refractivity contribution in [2.45, 2.75) is 63.2 Å². The topological polar surface area (TPSA) is 65.1 Å². The summed E-state index contributed by atoms with van der Waals surface area (Å²) >= 11 is 6.37. The summed E-state index contributed by atoms with van der Waals surface area (Å²) in [7, 11) is 1.60. The predicted octanol–water partition coefficient (Wildman–Crippen LogP) is 4.02. The molecule has 1 aliphatic carbocycles. The van der Waals surface area contributed by atoms with E-state index in [1.54, 1.807) is 12.0 Å². The first kappa shape index (κ1) is 22.2. The Bertz CT molecular complexity index is 882. The monoisotopic (exact) mass is 447 g/mol. The molecule has 0 aromatic heterocycles. The average molecular weight is 448 g/mol. The maximum absolute atomic E-state index is 13.6. The zero-order chi connectivity index (χ0) is 22.1. The molecule has 1 amide bonds. The van der Waals surface area contributed by atoms with E-state index >= 15 is 0 Å². The predicted molar refractivity (Wildman–Crippen MR) is 117 cm³/mol. The number of ketones is 1. The Morgan fingerprint density at radius 3 is 2.81 bits per heavy atom. The molecule has 0 spiro atoms. The minimum atomic E-state index is -0.485. The van der Waals surface area contributed by atoms with Crippen LogP contribution in [0.2, 0.25) is 0 Å². The molecule has 2 heterocycles. The van der Waals surface area contributed by atoms with Crippen LogP contribution in [0.15, 0.2) is 35.6 Å². The number of amides is 1. The second-order valence-corrected chi connectivity index (χ2v) is 9.35. The van der Waals surface area contributed by atoms with Gasteiger partial charge in [-0.1, -0.05) is 12.1 Å². The molecule has 4 unspecified atom stereocenters. The molecule has 1 fully saturated rings. The molecule has 3 aliphatic rings. The Balaban J connectivity index is 1.67. The lowest BCUT2D eigenvalue weighted by molar-refractivity contribution is -0.135. The minimum Gasteiger partial charge on any atom is -0.497 e. The van der Waals surface area contributed by atoms with E-state index < -0.39 is 6.04 Å². The fourth-order valence-corrected chi connectivity index (χ4v) is 5.12. The third kappa shape index (κ3) is 4.33. The SMILES string of the molecule is COc1cccc(C2C3=C(OC4CCC(Cl)CC4C3=O)C(=O)N2CCCOC(C)C)c1. The minimum absolute atomic E-state index is 0.00120. The molecule has 0 radical (unpaired) electrons. The van der Waals surface area contributed by atoms with Crippen LogP contribution in [0.1, 0.15) is 51.1 Å². The number of nitrogens with zero attached hydrogens (tertiary/aromatic N) is 1. The lowest BCUT2D eigenvalue weighted by Crippen LogP contribution is -2.41. The molecule has 1 saturated carbocycles. The van der Waals surface area contributed by atoms with Crippen molar-refractivity contribution in [3.63, 3.8) is 0 Å². The van der Waals surface area contributed by atoms with Gasteiger partial charge < -0.3 is 19.1 Å². The second-order valence-electron chi connectivity index (χ2n) is 8.73. The maximum Gasteiger partial charge on any atom is 0.290 e. The average Bonchev–Trinajstić information content (AvgIpc) is 3.04. The van der Waals surface area contributed by atoms with Gasteiger partial charge in [0.25, 0.3) is 5.91 Å². The smallest absolute Gasteiger partial charge is 0.290 e. The highest BCUT2D eigenvalue weighted by atomic mass is 35.5. The summed E-state index contributed by atoms with van der Waals surface area (Å²) in [6, 6.07) is 7.06. The Kier molecular flexibility index (Phi) is 6.58. The van der Waals surface area contributed by atoms with E-state index in [9.17, 15) is 9.59 Å². The van der Waals surface area contributed by atoms with E-state index in [2.05, 4.69) is 0 Å². The Morgan fingerprint density at radius 2 is 2.06 bits per heavy atom. The number of rotatable bonds is 7. The number of hydrogen-bond donors (Lipinski definition) is 0. The van der Waals surface area contributed by atoms with E-state index in [-0.39, 0.29) is 41.0 Å². The Labute approximate surface area is 188 Å². The molecule has 4 rings (SSSR count). The van der Waals surface area contributed by atoms with Gasteiger partial charge in [0.1, 0.15) is 11.9 Å². The summed E-state index contributed by atoms with van der Waals surface area (Å²) in [5.74, 6) is 0.394. The molecule has 1 aromatic rings.